The fourth-order valence-corrected chi connectivity index (χ4v) is 6.01. The molecule has 1 N–H and O–H groups in total. The molecule has 0 unspecified atom stereocenters. The van der Waals surface area contributed by atoms with Crippen molar-refractivity contribution < 1.29 is 22.3 Å². The maximum absolute atomic E-state index is 13.8. The number of nitrogens with one attached hydrogen (secondary N) is 1. The molecule has 2 aromatic rings. The summed E-state index contributed by atoms with van der Waals surface area (Å²) >= 11 is 0. The van der Waals surface area contributed by atoms with E-state index in [0.717, 1.165) is 38.8 Å². The van der Waals surface area contributed by atoms with Gasteiger partial charge in [0.1, 0.15) is 18.2 Å². The van der Waals surface area contributed by atoms with Crippen LogP contribution in [-0.2, 0) is 21.4 Å². The number of carbonyl (C=O) groups is 1. The monoisotopic (exact) mass is 489 g/mol. The van der Waals surface area contributed by atoms with Crippen LogP contribution < -0.4 is 10.1 Å². The Kier molecular flexibility index (Phi) is 8.18. The maximum atomic E-state index is 13.8. The summed E-state index contributed by atoms with van der Waals surface area (Å²) in [4.78, 5) is 14.9. The average Bonchev–Trinajstić information content (AvgIpc) is 3.40. The Hall–Kier alpha value is -2.49. The summed E-state index contributed by atoms with van der Waals surface area (Å²) in [6, 6.07) is 13.2. The lowest BCUT2D eigenvalue weighted by Gasteiger charge is -2.31. The molecule has 0 spiro atoms. The van der Waals surface area contributed by atoms with E-state index >= 15 is 0 Å². The van der Waals surface area contributed by atoms with E-state index < -0.39 is 10.0 Å². The summed E-state index contributed by atoms with van der Waals surface area (Å²) in [5.41, 5.74) is 0.684. The highest BCUT2D eigenvalue weighted by atomic mass is 32.2. The molecule has 2 fully saturated rings. The fraction of sp³-hybridized carbons (Fsp3) is 0.480. The molecule has 0 saturated carbocycles. The summed E-state index contributed by atoms with van der Waals surface area (Å²) in [6.45, 7) is 3.91. The minimum atomic E-state index is -3.43. The van der Waals surface area contributed by atoms with Gasteiger partial charge >= 0.3 is 0 Å². The highest BCUT2D eigenvalue weighted by Gasteiger charge is 2.27. The molecule has 34 heavy (non-hydrogen) atoms. The highest BCUT2D eigenvalue weighted by Crippen LogP contribution is 2.23. The topological polar surface area (TPSA) is 78.9 Å². The molecule has 184 valence electrons. The van der Waals surface area contributed by atoms with E-state index in [1.807, 2.05) is 6.07 Å². The van der Waals surface area contributed by atoms with Gasteiger partial charge in [0.2, 0.25) is 15.9 Å². The van der Waals surface area contributed by atoms with Crippen LogP contribution in [-0.4, -0.2) is 62.9 Å². The van der Waals surface area contributed by atoms with Gasteiger partial charge in [0, 0.05) is 31.1 Å². The second-order valence-corrected chi connectivity index (χ2v) is 10.8. The minimum absolute atomic E-state index is 0.0150. The van der Waals surface area contributed by atoms with Crippen molar-refractivity contribution >= 4 is 15.9 Å². The molecule has 7 nitrogen and oxygen atoms in total. The Morgan fingerprint density at radius 2 is 1.68 bits per heavy atom. The normalized spacial score (nSPS) is 18.1. The number of benzene rings is 2. The second kappa shape index (κ2) is 11.3. The first-order chi connectivity index (χ1) is 16.4. The summed E-state index contributed by atoms with van der Waals surface area (Å²) in [6.07, 6.45) is 3.29. The molecule has 0 bridgehead atoms. The number of ether oxygens (including phenoxy) is 1. The van der Waals surface area contributed by atoms with E-state index in [1.54, 1.807) is 36.4 Å². The molecular weight excluding hydrogens is 457 g/mol. The Balaban J connectivity index is 1.15. The summed E-state index contributed by atoms with van der Waals surface area (Å²) in [5, 5.41) is 2.92. The van der Waals surface area contributed by atoms with Crippen LogP contribution in [0.15, 0.2) is 53.4 Å². The molecule has 0 atom stereocenters. The first-order valence-corrected chi connectivity index (χ1v) is 13.3. The van der Waals surface area contributed by atoms with Gasteiger partial charge < -0.3 is 10.1 Å². The Morgan fingerprint density at radius 3 is 2.35 bits per heavy atom. The third-order valence-corrected chi connectivity index (χ3v) is 8.42. The van der Waals surface area contributed by atoms with Gasteiger partial charge in [0.25, 0.3) is 0 Å². The van der Waals surface area contributed by atoms with Crippen molar-refractivity contribution in [3.8, 4) is 5.75 Å². The van der Waals surface area contributed by atoms with Crippen molar-refractivity contribution in [2.75, 3.05) is 39.3 Å². The first kappa shape index (κ1) is 24.6. The predicted octanol–water partition coefficient (Wildman–Crippen LogP) is 3.02. The fourth-order valence-electron chi connectivity index (χ4n) is 4.49. The summed E-state index contributed by atoms with van der Waals surface area (Å²) < 4.78 is 46.2. The number of hydrogen-bond acceptors (Lipinski definition) is 5. The van der Waals surface area contributed by atoms with Crippen molar-refractivity contribution in [2.45, 2.75) is 37.1 Å². The third-order valence-electron chi connectivity index (χ3n) is 6.51. The molecule has 4 rings (SSSR count). The number of halogens is 1. The van der Waals surface area contributed by atoms with Gasteiger partial charge in [-0.25, -0.2) is 12.8 Å². The average molecular weight is 490 g/mol. The van der Waals surface area contributed by atoms with Crippen LogP contribution in [0.1, 0.15) is 31.2 Å². The molecule has 0 aliphatic carbocycles. The number of amides is 1. The molecule has 2 heterocycles. The van der Waals surface area contributed by atoms with Crippen LogP contribution in [0.25, 0.3) is 0 Å². The van der Waals surface area contributed by atoms with E-state index in [4.69, 9.17) is 4.74 Å². The number of sulfonamides is 1. The Bertz CT molecular complexity index is 1060. The number of carbonyl (C=O) groups excluding carboxylic acids is 1. The predicted molar refractivity (Wildman–Crippen MR) is 127 cm³/mol. The lowest BCUT2D eigenvalue weighted by molar-refractivity contribution is -0.126. The smallest absolute Gasteiger partial charge is 0.243 e. The molecular formula is C25H32FN3O4S. The molecule has 9 heteroatoms. The van der Waals surface area contributed by atoms with Gasteiger partial charge in [-0.3, -0.25) is 9.69 Å². The number of nitrogens with zero attached hydrogens (tertiary/aromatic N) is 2. The molecule has 2 aliphatic rings. The summed E-state index contributed by atoms with van der Waals surface area (Å²) in [5.74, 6) is 0.342. The number of hydrogen-bond donors (Lipinski definition) is 1. The van der Waals surface area contributed by atoms with Crippen LogP contribution in [0.5, 0.6) is 5.75 Å². The van der Waals surface area contributed by atoms with Crippen LogP contribution in [0, 0.1) is 11.7 Å². The van der Waals surface area contributed by atoms with Crippen molar-refractivity contribution in [3.05, 3.63) is 59.9 Å². The SMILES string of the molecule is O=C(NCCOc1ccc(S(=O)(=O)N2CCCC2)cc1)C1CCN(Cc2ccccc2F)CC1. The van der Waals surface area contributed by atoms with Crippen molar-refractivity contribution in [2.24, 2.45) is 5.92 Å². The van der Waals surface area contributed by atoms with Crippen LogP contribution in [0.2, 0.25) is 0 Å². The zero-order valence-corrected chi connectivity index (χ0v) is 20.1. The molecule has 2 saturated heterocycles. The van der Waals surface area contributed by atoms with E-state index in [1.165, 1.54) is 10.4 Å². The van der Waals surface area contributed by atoms with Crippen molar-refractivity contribution in [1.29, 1.82) is 0 Å². The molecule has 2 aromatic carbocycles. The quantitative estimate of drug-likeness (QED) is 0.548. The van der Waals surface area contributed by atoms with E-state index in [9.17, 15) is 17.6 Å². The van der Waals surface area contributed by atoms with Gasteiger partial charge in [-0.15, -0.1) is 0 Å². The summed E-state index contributed by atoms with van der Waals surface area (Å²) in [7, 11) is -3.43. The Morgan fingerprint density at radius 1 is 1.00 bits per heavy atom. The molecule has 0 aromatic heterocycles. The van der Waals surface area contributed by atoms with Gasteiger partial charge in [-0.2, -0.15) is 4.31 Å². The first-order valence-electron chi connectivity index (χ1n) is 11.9. The van der Waals surface area contributed by atoms with Crippen LogP contribution >= 0.6 is 0 Å². The zero-order chi connectivity index (χ0) is 24.0. The number of likely N-dealkylation sites (tertiary alicyclic amines) is 1. The third kappa shape index (κ3) is 6.14. The number of piperidine rings is 1. The van der Waals surface area contributed by atoms with E-state index in [0.29, 0.717) is 44.1 Å². The zero-order valence-electron chi connectivity index (χ0n) is 19.3. The largest absolute Gasteiger partial charge is 0.492 e. The van der Waals surface area contributed by atoms with Crippen LogP contribution in [0.4, 0.5) is 4.39 Å². The second-order valence-electron chi connectivity index (χ2n) is 8.86. The van der Waals surface area contributed by atoms with Gasteiger partial charge in [-0.05, 0) is 69.1 Å². The maximum Gasteiger partial charge on any atom is 0.243 e. The van der Waals surface area contributed by atoms with Gasteiger partial charge in [0.15, 0.2) is 0 Å². The highest BCUT2D eigenvalue weighted by molar-refractivity contribution is 7.89. The molecule has 2 aliphatic heterocycles. The van der Waals surface area contributed by atoms with Gasteiger partial charge in [0.05, 0.1) is 11.4 Å². The lowest BCUT2D eigenvalue weighted by atomic mass is 9.95. The Labute approximate surface area is 200 Å². The minimum Gasteiger partial charge on any atom is -0.492 e. The number of rotatable bonds is 9. The van der Waals surface area contributed by atoms with Crippen molar-refractivity contribution in [3.63, 3.8) is 0 Å². The van der Waals surface area contributed by atoms with Gasteiger partial charge in [-0.1, -0.05) is 18.2 Å². The van der Waals surface area contributed by atoms with E-state index in [2.05, 4.69) is 10.2 Å². The van der Waals surface area contributed by atoms with Crippen molar-refractivity contribution in [1.82, 2.24) is 14.5 Å². The van der Waals surface area contributed by atoms with E-state index in [-0.39, 0.29) is 22.5 Å². The standard InChI is InChI=1S/C25H32FN3O4S/c26-24-6-2-1-5-21(24)19-28-16-11-20(12-17-28)25(30)27-13-18-33-22-7-9-23(10-8-22)34(31,32)29-14-3-4-15-29/h1-2,5-10,20H,3-4,11-19H2,(H,27,30). The molecule has 0 radical (unpaired) electrons. The van der Waals surface area contributed by atoms with Crippen LogP contribution in [0.3, 0.4) is 0 Å². The lowest BCUT2D eigenvalue weighted by Crippen LogP contribution is -2.41. The molecule has 1 amide bonds.